The fraction of sp³-hybridized carbons (Fsp3) is 0.467. The summed E-state index contributed by atoms with van der Waals surface area (Å²) in [6, 6.07) is 2.65. The van der Waals surface area contributed by atoms with Crippen LogP contribution in [0, 0.1) is 29.4 Å². The van der Waals surface area contributed by atoms with Crippen molar-refractivity contribution in [2.75, 3.05) is 0 Å². The van der Waals surface area contributed by atoms with Crippen LogP contribution in [0.15, 0.2) is 18.2 Å². The van der Waals surface area contributed by atoms with E-state index in [1.165, 1.54) is 6.07 Å². The predicted molar refractivity (Wildman–Crippen MR) is 69.6 cm³/mol. The first-order valence-corrected chi connectivity index (χ1v) is 6.96. The number of rotatable bonds is 3. The molecular weight excluding hydrogens is 280 g/mol. The van der Waals surface area contributed by atoms with Gasteiger partial charge in [-0.05, 0) is 43.2 Å². The summed E-state index contributed by atoms with van der Waals surface area (Å²) in [7, 11) is 0. The molecule has 0 saturated heterocycles. The number of halogens is 2. The van der Waals surface area contributed by atoms with Gasteiger partial charge < -0.3 is 10.4 Å². The largest absolute Gasteiger partial charge is 0.481 e. The molecule has 2 bridgehead atoms. The lowest BCUT2D eigenvalue weighted by Crippen LogP contribution is -2.47. The Morgan fingerprint density at radius 2 is 1.76 bits per heavy atom. The van der Waals surface area contributed by atoms with Gasteiger partial charge in [-0.2, -0.15) is 0 Å². The van der Waals surface area contributed by atoms with Gasteiger partial charge in [-0.1, -0.05) is 6.07 Å². The number of benzene rings is 1. The summed E-state index contributed by atoms with van der Waals surface area (Å²) >= 11 is 0. The third kappa shape index (κ3) is 2.28. The molecule has 2 N–H and O–H groups in total. The molecule has 0 heterocycles. The van der Waals surface area contributed by atoms with Crippen molar-refractivity contribution in [3.63, 3.8) is 0 Å². The summed E-state index contributed by atoms with van der Waals surface area (Å²) < 4.78 is 27.2. The molecule has 4 nitrogen and oxygen atoms in total. The van der Waals surface area contributed by atoms with Gasteiger partial charge in [0.25, 0.3) is 5.91 Å². The molecule has 4 unspecified atom stereocenters. The lowest BCUT2D eigenvalue weighted by molar-refractivity contribution is -0.144. The number of aliphatic carboxylic acids is 1. The highest BCUT2D eigenvalue weighted by molar-refractivity contribution is 5.95. The van der Waals surface area contributed by atoms with Crippen molar-refractivity contribution in [1.82, 2.24) is 5.32 Å². The molecule has 1 aromatic rings. The van der Waals surface area contributed by atoms with Crippen LogP contribution in [0.25, 0.3) is 0 Å². The van der Waals surface area contributed by atoms with Gasteiger partial charge in [0.15, 0.2) is 0 Å². The molecule has 4 atom stereocenters. The fourth-order valence-corrected chi connectivity index (χ4v) is 3.79. The second-order valence-electron chi connectivity index (χ2n) is 5.79. The van der Waals surface area contributed by atoms with Crippen LogP contribution < -0.4 is 5.32 Å². The van der Waals surface area contributed by atoms with Gasteiger partial charge >= 0.3 is 5.97 Å². The van der Waals surface area contributed by atoms with Crippen LogP contribution in [0.2, 0.25) is 0 Å². The highest BCUT2D eigenvalue weighted by Crippen LogP contribution is 2.48. The SMILES string of the molecule is O=C(NC1C2CCC(C2)C1C(=O)O)c1c(F)cccc1F. The Balaban J connectivity index is 1.83. The van der Waals surface area contributed by atoms with Crippen LogP contribution in [-0.2, 0) is 4.79 Å². The van der Waals surface area contributed by atoms with E-state index in [2.05, 4.69) is 5.32 Å². The zero-order chi connectivity index (χ0) is 15.1. The zero-order valence-corrected chi connectivity index (χ0v) is 11.2. The molecular formula is C15H15F2NO3. The summed E-state index contributed by atoms with van der Waals surface area (Å²) in [4.78, 5) is 23.5. The lowest BCUT2D eigenvalue weighted by Gasteiger charge is -2.28. The maximum Gasteiger partial charge on any atom is 0.308 e. The highest BCUT2D eigenvalue weighted by atomic mass is 19.1. The van der Waals surface area contributed by atoms with Gasteiger partial charge in [-0.15, -0.1) is 0 Å². The van der Waals surface area contributed by atoms with Crippen LogP contribution in [0.5, 0.6) is 0 Å². The average molecular weight is 295 g/mol. The van der Waals surface area contributed by atoms with E-state index in [0.29, 0.717) is 0 Å². The fourth-order valence-electron chi connectivity index (χ4n) is 3.79. The van der Waals surface area contributed by atoms with Crippen molar-refractivity contribution < 1.29 is 23.5 Å². The van der Waals surface area contributed by atoms with Crippen molar-refractivity contribution in [3.05, 3.63) is 35.4 Å². The maximum atomic E-state index is 13.6. The third-order valence-electron chi connectivity index (χ3n) is 4.69. The second-order valence-corrected chi connectivity index (χ2v) is 5.79. The monoisotopic (exact) mass is 295 g/mol. The molecule has 6 heteroatoms. The minimum atomic E-state index is -0.957. The van der Waals surface area contributed by atoms with Crippen LogP contribution in [-0.4, -0.2) is 23.0 Å². The van der Waals surface area contributed by atoms with E-state index in [9.17, 15) is 23.5 Å². The zero-order valence-electron chi connectivity index (χ0n) is 11.2. The Hall–Kier alpha value is -1.98. The Labute approximate surface area is 120 Å². The molecule has 21 heavy (non-hydrogen) atoms. The summed E-state index contributed by atoms with van der Waals surface area (Å²) in [6.07, 6.45) is 2.43. The summed E-state index contributed by atoms with van der Waals surface area (Å²) in [6.45, 7) is 0. The van der Waals surface area contributed by atoms with Crippen molar-refractivity contribution in [2.45, 2.75) is 25.3 Å². The number of hydrogen-bond donors (Lipinski definition) is 2. The van der Waals surface area contributed by atoms with Gasteiger partial charge in [0, 0.05) is 6.04 Å². The molecule has 2 aliphatic rings. The maximum absolute atomic E-state index is 13.6. The molecule has 3 rings (SSSR count). The number of carboxylic acids is 1. The standard InChI is InChI=1S/C15H15F2NO3/c16-9-2-1-3-10(17)12(9)14(19)18-13-8-5-4-7(6-8)11(13)15(20)21/h1-3,7-8,11,13H,4-6H2,(H,18,19)(H,20,21). The van der Waals surface area contributed by atoms with Crippen molar-refractivity contribution in [1.29, 1.82) is 0 Å². The number of amides is 1. The van der Waals surface area contributed by atoms with E-state index < -0.39 is 41.0 Å². The predicted octanol–water partition coefficient (Wildman–Crippen LogP) is 2.19. The van der Waals surface area contributed by atoms with Gasteiger partial charge in [0.05, 0.1) is 5.92 Å². The second kappa shape index (κ2) is 5.09. The molecule has 0 aromatic heterocycles. The molecule has 2 saturated carbocycles. The Kier molecular flexibility index (Phi) is 3.39. The molecule has 1 aromatic carbocycles. The number of carboxylic acid groups (broad SMARTS) is 1. The number of hydrogen-bond acceptors (Lipinski definition) is 2. The topological polar surface area (TPSA) is 66.4 Å². The minimum Gasteiger partial charge on any atom is -0.481 e. The average Bonchev–Trinajstić information content (AvgIpc) is 2.98. The number of carbonyl (C=O) groups is 2. The summed E-state index contributed by atoms with van der Waals surface area (Å²) in [5.41, 5.74) is -0.649. The van der Waals surface area contributed by atoms with Crippen molar-refractivity contribution >= 4 is 11.9 Å². The first-order valence-electron chi connectivity index (χ1n) is 6.96. The smallest absolute Gasteiger partial charge is 0.308 e. The molecule has 2 fully saturated rings. The van der Waals surface area contributed by atoms with E-state index in [4.69, 9.17) is 0 Å². The molecule has 0 spiro atoms. The Morgan fingerprint density at radius 1 is 1.14 bits per heavy atom. The van der Waals surface area contributed by atoms with E-state index in [1.807, 2.05) is 0 Å². The summed E-state index contributed by atoms with van der Waals surface area (Å²) in [5, 5.41) is 11.8. The van der Waals surface area contributed by atoms with Gasteiger partial charge in [0.2, 0.25) is 0 Å². The number of carbonyl (C=O) groups excluding carboxylic acids is 1. The Bertz CT molecular complexity index is 584. The normalized spacial score (nSPS) is 30.4. The molecule has 2 aliphatic carbocycles. The molecule has 0 aliphatic heterocycles. The van der Waals surface area contributed by atoms with E-state index >= 15 is 0 Å². The highest BCUT2D eigenvalue weighted by Gasteiger charge is 2.51. The Morgan fingerprint density at radius 3 is 2.38 bits per heavy atom. The van der Waals surface area contributed by atoms with Crippen molar-refractivity contribution in [2.24, 2.45) is 17.8 Å². The first-order chi connectivity index (χ1) is 9.99. The van der Waals surface area contributed by atoms with Crippen LogP contribution in [0.1, 0.15) is 29.6 Å². The number of fused-ring (bicyclic) bond motifs is 2. The first kappa shape index (κ1) is 14.0. The van der Waals surface area contributed by atoms with Gasteiger partial charge in [0.1, 0.15) is 17.2 Å². The molecule has 112 valence electrons. The quantitative estimate of drug-likeness (QED) is 0.898. The van der Waals surface area contributed by atoms with Crippen molar-refractivity contribution in [3.8, 4) is 0 Å². The van der Waals surface area contributed by atoms with Gasteiger partial charge in [-0.25, -0.2) is 8.78 Å². The van der Waals surface area contributed by atoms with E-state index in [-0.39, 0.29) is 11.8 Å². The van der Waals surface area contributed by atoms with Crippen LogP contribution >= 0.6 is 0 Å². The van der Waals surface area contributed by atoms with Crippen LogP contribution in [0.3, 0.4) is 0 Å². The lowest BCUT2D eigenvalue weighted by atomic mass is 9.84. The number of nitrogens with one attached hydrogen (secondary N) is 1. The van der Waals surface area contributed by atoms with Crippen LogP contribution in [0.4, 0.5) is 8.78 Å². The minimum absolute atomic E-state index is 0.0447. The summed E-state index contributed by atoms with van der Waals surface area (Å²) in [5.74, 6) is -4.26. The van der Waals surface area contributed by atoms with E-state index in [0.717, 1.165) is 31.4 Å². The molecule has 1 amide bonds. The van der Waals surface area contributed by atoms with E-state index in [1.54, 1.807) is 0 Å². The van der Waals surface area contributed by atoms with Gasteiger partial charge in [-0.3, -0.25) is 9.59 Å². The third-order valence-corrected chi connectivity index (χ3v) is 4.69. The molecule has 0 radical (unpaired) electrons.